The number of hydrogen-bond donors (Lipinski definition) is 2. The molecule has 0 bridgehead atoms. The van der Waals surface area contributed by atoms with Crippen LogP contribution in [-0.2, 0) is 21.4 Å². The molecule has 2 aliphatic carbocycles. The number of phenolic OH excluding ortho intramolecular Hbond substituents is 1. The predicted molar refractivity (Wildman–Crippen MR) is 132 cm³/mol. The summed E-state index contributed by atoms with van der Waals surface area (Å²) in [4.78, 5) is 25.1. The quantitative estimate of drug-likeness (QED) is 0.318. The molecule has 34 heavy (non-hydrogen) atoms. The highest BCUT2D eigenvalue weighted by atomic mass is 79.9. The Hall–Kier alpha value is -2.74. The summed E-state index contributed by atoms with van der Waals surface area (Å²) >= 11 is 3.70. The van der Waals surface area contributed by atoms with Gasteiger partial charge in [0, 0.05) is 16.3 Å². The maximum atomic E-state index is 13.6. The highest BCUT2D eigenvalue weighted by Gasteiger charge is 2.56. The monoisotopic (exact) mass is 527 g/mol. The van der Waals surface area contributed by atoms with Gasteiger partial charge in [0.05, 0.1) is 18.0 Å². The van der Waals surface area contributed by atoms with E-state index in [0.717, 1.165) is 47.6 Å². The number of halogens is 2. The number of aromatic amines is 1. The number of benzene rings is 2. The molecule has 5 rings (SSSR count). The van der Waals surface area contributed by atoms with Gasteiger partial charge < -0.3 is 14.8 Å². The van der Waals surface area contributed by atoms with E-state index in [1.807, 2.05) is 0 Å². The number of hydrogen-bond acceptors (Lipinski definition) is 5. The Morgan fingerprint density at radius 2 is 2.18 bits per heavy atom. The molecule has 0 spiro atoms. The van der Waals surface area contributed by atoms with Crippen LogP contribution in [0.4, 0.5) is 10.3 Å². The molecule has 3 aromatic rings. The van der Waals surface area contributed by atoms with Crippen LogP contribution in [0.25, 0.3) is 11.0 Å². The Bertz CT molecular complexity index is 1340. The third-order valence-electron chi connectivity index (χ3n) is 8.04. The lowest BCUT2D eigenvalue weighted by atomic mass is 9.50. The van der Waals surface area contributed by atoms with Crippen LogP contribution in [0.1, 0.15) is 56.2 Å². The van der Waals surface area contributed by atoms with E-state index in [0.29, 0.717) is 5.95 Å². The van der Waals surface area contributed by atoms with Gasteiger partial charge in [-0.05, 0) is 89.2 Å². The van der Waals surface area contributed by atoms with Crippen molar-refractivity contribution in [3.63, 3.8) is 0 Å². The summed E-state index contributed by atoms with van der Waals surface area (Å²) in [5.74, 6) is -0.686. The van der Waals surface area contributed by atoms with E-state index in [2.05, 4.69) is 50.8 Å². The summed E-state index contributed by atoms with van der Waals surface area (Å²) in [5, 5.41) is 9.92. The number of H-pyrrole nitrogens is 1. The van der Waals surface area contributed by atoms with E-state index in [-0.39, 0.29) is 22.9 Å². The number of nitrogens with zero attached hydrogens (tertiary/aromatic N) is 2. The normalized spacial score (nSPS) is 26.4. The molecule has 1 heterocycles. The Balaban J connectivity index is 1.58. The van der Waals surface area contributed by atoms with Crippen molar-refractivity contribution in [3.8, 4) is 5.75 Å². The fourth-order valence-corrected chi connectivity index (χ4v) is 6.88. The first-order chi connectivity index (χ1) is 16.2. The number of para-hydroxylation sites is 1. The van der Waals surface area contributed by atoms with E-state index in [1.54, 1.807) is 6.07 Å². The van der Waals surface area contributed by atoms with Crippen molar-refractivity contribution in [2.45, 2.75) is 51.4 Å². The molecule has 8 heteroatoms. The van der Waals surface area contributed by atoms with Crippen molar-refractivity contribution in [3.05, 3.63) is 51.2 Å². The van der Waals surface area contributed by atoms with Gasteiger partial charge in [-0.2, -0.15) is 0 Å². The molecule has 3 atom stereocenters. The summed E-state index contributed by atoms with van der Waals surface area (Å²) in [7, 11) is 1.48. The third kappa shape index (κ3) is 3.37. The molecule has 0 radical (unpaired) electrons. The van der Waals surface area contributed by atoms with E-state index in [4.69, 9.17) is 4.74 Å². The lowest BCUT2D eigenvalue weighted by Gasteiger charge is -2.54. The van der Waals surface area contributed by atoms with E-state index in [1.165, 1.54) is 36.6 Å². The summed E-state index contributed by atoms with van der Waals surface area (Å²) in [6.07, 6.45) is 5.92. The molecule has 178 valence electrons. The molecule has 2 aromatic carbocycles. The fourth-order valence-electron chi connectivity index (χ4n) is 6.37. The minimum Gasteiger partial charge on any atom is -0.504 e. The molecule has 2 N–H and O–H groups in total. The second-order valence-corrected chi connectivity index (χ2v) is 10.7. The zero-order valence-corrected chi connectivity index (χ0v) is 21.0. The predicted octanol–water partition coefficient (Wildman–Crippen LogP) is 6.10. The summed E-state index contributed by atoms with van der Waals surface area (Å²) in [6, 6.07) is 6.46. The molecular formula is C26H27BrFN3O3. The summed E-state index contributed by atoms with van der Waals surface area (Å²) in [6.45, 7) is 4.33. The van der Waals surface area contributed by atoms with E-state index >= 15 is 0 Å². The Morgan fingerprint density at radius 3 is 2.94 bits per heavy atom. The number of aromatic hydroxyl groups is 1. The molecule has 1 aromatic heterocycles. The van der Waals surface area contributed by atoms with Crippen LogP contribution in [0, 0.1) is 17.2 Å². The molecule has 0 aliphatic heterocycles. The summed E-state index contributed by atoms with van der Waals surface area (Å²) < 4.78 is 19.7. The molecule has 0 amide bonds. The van der Waals surface area contributed by atoms with E-state index < -0.39 is 17.0 Å². The number of imidazole rings is 1. The van der Waals surface area contributed by atoms with Crippen LogP contribution in [0.3, 0.4) is 0 Å². The number of aryl methyl sites for hydroxylation is 1. The number of methoxy groups -OCH3 is 1. The van der Waals surface area contributed by atoms with Crippen LogP contribution in [0.15, 0.2) is 33.7 Å². The number of carbonyl (C=O) groups excluding carboxylic acids is 1. The van der Waals surface area contributed by atoms with Crippen LogP contribution in [0.2, 0.25) is 0 Å². The van der Waals surface area contributed by atoms with Gasteiger partial charge in [-0.3, -0.25) is 4.79 Å². The first kappa shape index (κ1) is 23.0. The smallest absolute Gasteiger partial charge is 0.311 e. The van der Waals surface area contributed by atoms with Gasteiger partial charge in [-0.1, -0.05) is 19.4 Å². The average molecular weight is 528 g/mol. The van der Waals surface area contributed by atoms with Gasteiger partial charge in [0.15, 0.2) is 11.6 Å². The zero-order chi connectivity index (χ0) is 24.3. The number of carbonyl (C=O) groups is 1. The molecular weight excluding hydrogens is 501 g/mol. The number of aliphatic imine (C=N–C) groups is 1. The highest BCUT2D eigenvalue weighted by molar-refractivity contribution is 9.10. The maximum absolute atomic E-state index is 13.6. The minimum absolute atomic E-state index is 0.120. The summed E-state index contributed by atoms with van der Waals surface area (Å²) in [5.41, 5.74) is 3.76. The number of rotatable bonds is 3. The van der Waals surface area contributed by atoms with Crippen molar-refractivity contribution in [1.82, 2.24) is 9.97 Å². The number of aromatic nitrogens is 2. The van der Waals surface area contributed by atoms with Gasteiger partial charge in [0.1, 0.15) is 5.52 Å². The fraction of sp³-hybridized carbons (Fsp3) is 0.423. The van der Waals surface area contributed by atoms with Crippen LogP contribution in [-0.4, -0.2) is 34.4 Å². The number of phenols is 1. The van der Waals surface area contributed by atoms with Crippen LogP contribution >= 0.6 is 15.9 Å². The van der Waals surface area contributed by atoms with Gasteiger partial charge in [-0.25, -0.2) is 14.4 Å². The maximum Gasteiger partial charge on any atom is 0.311 e. The highest BCUT2D eigenvalue weighted by Crippen LogP contribution is 2.58. The zero-order valence-electron chi connectivity index (χ0n) is 19.4. The Labute approximate surface area is 205 Å². The van der Waals surface area contributed by atoms with Gasteiger partial charge >= 0.3 is 5.97 Å². The van der Waals surface area contributed by atoms with Crippen molar-refractivity contribution >= 4 is 45.1 Å². The minimum atomic E-state index is -0.695. The van der Waals surface area contributed by atoms with Crippen molar-refractivity contribution in [2.75, 3.05) is 7.11 Å². The largest absolute Gasteiger partial charge is 0.504 e. The van der Waals surface area contributed by atoms with Crippen LogP contribution in [0.5, 0.6) is 5.75 Å². The first-order valence-electron chi connectivity index (χ1n) is 11.5. The van der Waals surface area contributed by atoms with Crippen molar-refractivity contribution in [1.29, 1.82) is 0 Å². The third-order valence-corrected chi connectivity index (χ3v) is 8.64. The molecule has 0 unspecified atom stereocenters. The number of ether oxygens (including phenoxy) is 1. The second-order valence-electron chi connectivity index (χ2n) is 9.88. The Kier molecular flexibility index (Phi) is 5.54. The molecule has 6 nitrogen and oxygen atoms in total. The van der Waals surface area contributed by atoms with E-state index in [9.17, 15) is 14.3 Å². The molecule has 1 fully saturated rings. The first-order valence-corrected chi connectivity index (χ1v) is 12.3. The molecule has 1 saturated carbocycles. The van der Waals surface area contributed by atoms with Crippen LogP contribution < -0.4 is 0 Å². The number of nitrogens with one attached hydrogen (secondary N) is 1. The topological polar surface area (TPSA) is 87.6 Å². The van der Waals surface area contributed by atoms with Crippen molar-refractivity contribution in [2.24, 2.45) is 16.3 Å². The van der Waals surface area contributed by atoms with Gasteiger partial charge in [0.2, 0.25) is 5.95 Å². The number of esters is 1. The second kappa shape index (κ2) is 8.18. The molecule has 2 aliphatic rings. The average Bonchev–Trinajstić information content (AvgIpc) is 3.25. The lowest BCUT2D eigenvalue weighted by molar-refractivity contribution is -0.161. The Morgan fingerprint density at radius 1 is 1.38 bits per heavy atom. The van der Waals surface area contributed by atoms with Crippen molar-refractivity contribution < 1.29 is 19.0 Å². The van der Waals surface area contributed by atoms with Gasteiger partial charge in [0.25, 0.3) is 0 Å². The standard InChI is InChI=1S/C26H27BrFN3O3/c1-25-10-5-11-26(2,23(33)34-3)19(25)9-8-15-16(25)12-17(27)21-20(15)30-24(31-21)29-13-14-6-4-7-18(28)22(14)32/h4,6-7,12-13,19,32H,5,8-11H2,1-3H3,(H,30,31)/b29-13+/t19-,25-,26-/m1/s1. The molecule has 0 saturated heterocycles. The van der Waals surface area contributed by atoms with Gasteiger partial charge in [-0.15, -0.1) is 0 Å². The number of fused-ring (bicyclic) bond motifs is 5. The lowest BCUT2D eigenvalue weighted by Crippen LogP contribution is -2.52. The SMILES string of the molecule is COC(=O)[C@]1(C)CCC[C@]2(C)c3cc(Br)c4nc(/N=C/c5cccc(F)c5O)[nH]c4c3CC[C@@H]12.